The average molecular weight is 370 g/mol. The molecule has 1 amide bonds. The fourth-order valence-electron chi connectivity index (χ4n) is 3.02. The van der Waals surface area contributed by atoms with E-state index in [9.17, 15) is 4.79 Å². The van der Waals surface area contributed by atoms with Crippen molar-refractivity contribution in [2.24, 2.45) is 0 Å². The molecule has 0 aliphatic rings. The van der Waals surface area contributed by atoms with Gasteiger partial charge < -0.3 is 5.32 Å². The van der Waals surface area contributed by atoms with Crippen molar-refractivity contribution in [3.63, 3.8) is 0 Å². The van der Waals surface area contributed by atoms with Crippen molar-refractivity contribution in [1.82, 2.24) is 14.6 Å². The molecule has 5 nitrogen and oxygen atoms in total. The number of carbonyl (C=O) groups excluding carboxylic acids is 1. The van der Waals surface area contributed by atoms with Crippen molar-refractivity contribution in [3.05, 3.63) is 84.1 Å². The maximum absolute atomic E-state index is 12.6. The van der Waals surface area contributed by atoms with Gasteiger partial charge in [0, 0.05) is 11.1 Å². The van der Waals surface area contributed by atoms with Gasteiger partial charge in [-0.1, -0.05) is 63.2 Å². The number of carbonyl (C=O) groups is 1. The van der Waals surface area contributed by atoms with Crippen LogP contribution in [0.3, 0.4) is 0 Å². The third kappa shape index (κ3) is 3.64. The Morgan fingerprint density at radius 2 is 1.64 bits per heavy atom. The Balaban J connectivity index is 1.55. The second kappa shape index (κ2) is 6.93. The summed E-state index contributed by atoms with van der Waals surface area (Å²) in [4.78, 5) is 17.0. The highest BCUT2D eigenvalue weighted by Crippen LogP contribution is 2.22. The zero-order valence-corrected chi connectivity index (χ0v) is 16.2. The fourth-order valence-corrected chi connectivity index (χ4v) is 3.02. The van der Waals surface area contributed by atoms with Crippen molar-refractivity contribution in [2.75, 3.05) is 5.32 Å². The molecule has 0 spiro atoms. The Hall–Kier alpha value is -3.47. The maximum Gasteiger partial charge on any atom is 0.256 e. The van der Waals surface area contributed by atoms with E-state index in [-0.39, 0.29) is 11.3 Å². The standard InChI is InChI=1S/C23H22N4O/c1-23(2,3)18-11-9-17(10-12-18)22(28)25-20-15-27-21(24-20)14-13-19(26-27)16-7-5-4-6-8-16/h4-15H,1-3H3,(H,25,28). The van der Waals surface area contributed by atoms with E-state index in [0.717, 1.165) is 11.3 Å². The summed E-state index contributed by atoms with van der Waals surface area (Å²) >= 11 is 0. The van der Waals surface area contributed by atoms with E-state index in [2.05, 4.69) is 36.2 Å². The summed E-state index contributed by atoms with van der Waals surface area (Å²) in [6.07, 6.45) is 1.73. The van der Waals surface area contributed by atoms with Gasteiger partial charge in [0.2, 0.25) is 0 Å². The SMILES string of the molecule is CC(C)(C)c1ccc(C(=O)Nc2cn3nc(-c4ccccc4)ccc3n2)cc1. The van der Waals surface area contributed by atoms with Gasteiger partial charge in [0.05, 0.1) is 11.9 Å². The average Bonchev–Trinajstić information content (AvgIpc) is 3.09. The van der Waals surface area contributed by atoms with Crippen LogP contribution < -0.4 is 5.32 Å². The number of nitrogens with one attached hydrogen (secondary N) is 1. The summed E-state index contributed by atoms with van der Waals surface area (Å²) in [6, 6.07) is 21.4. The van der Waals surface area contributed by atoms with Gasteiger partial charge in [0.15, 0.2) is 11.5 Å². The smallest absolute Gasteiger partial charge is 0.256 e. The molecule has 0 aliphatic heterocycles. The number of anilines is 1. The molecule has 0 unspecified atom stereocenters. The van der Waals surface area contributed by atoms with Gasteiger partial charge in [-0.05, 0) is 35.2 Å². The third-order valence-corrected chi connectivity index (χ3v) is 4.64. The number of benzene rings is 2. The Bertz CT molecular complexity index is 1120. The van der Waals surface area contributed by atoms with Crippen LogP contribution in [0, 0.1) is 0 Å². The molecular formula is C23H22N4O. The van der Waals surface area contributed by atoms with Crippen LogP contribution >= 0.6 is 0 Å². The topological polar surface area (TPSA) is 59.3 Å². The zero-order valence-electron chi connectivity index (χ0n) is 16.2. The van der Waals surface area contributed by atoms with Crippen LogP contribution in [0.4, 0.5) is 5.82 Å². The summed E-state index contributed by atoms with van der Waals surface area (Å²) in [5.41, 5.74) is 4.40. The monoisotopic (exact) mass is 370 g/mol. The lowest BCUT2D eigenvalue weighted by molar-refractivity contribution is 0.102. The van der Waals surface area contributed by atoms with Crippen LogP contribution in [0.5, 0.6) is 0 Å². The van der Waals surface area contributed by atoms with Crippen molar-refractivity contribution in [2.45, 2.75) is 26.2 Å². The summed E-state index contributed by atoms with van der Waals surface area (Å²) in [5, 5.41) is 7.44. The van der Waals surface area contributed by atoms with Gasteiger partial charge >= 0.3 is 0 Å². The Morgan fingerprint density at radius 1 is 0.929 bits per heavy atom. The second-order valence-corrected chi connectivity index (χ2v) is 7.79. The molecule has 5 heteroatoms. The fraction of sp³-hybridized carbons (Fsp3) is 0.174. The van der Waals surface area contributed by atoms with Crippen LogP contribution in [0.2, 0.25) is 0 Å². The molecule has 0 aliphatic carbocycles. The molecule has 0 fully saturated rings. The molecule has 0 radical (unpaired) electrons. The highest BCUT2D eigenvalue weighted by atomic mass is 16.1. The van der Waals surface area contributed by atoms with Crippen molar-refractivity contribution in [3.8, 4) is 11.3 Å². The Morgan fingerprint density at radius 3 is 2.32 bits per heavy atom. The Kier molecular flexibility index (Phi) is 4.43. The normalized spacial score (nSPS) is 11.5. The number of nitrogens with zero attached hydrogens (tertiary/aromatic N) is 3. The lowest BCUT2D eigenvalue weighted by Gasteiger charge is -2.18. The first-order valence-corrected chi connectivity index (χ1v) is 9.24. The zero-order chi connectivity index (χ0) is 19.7. The number of hydrogen-bond donors (Lipinski definition) is 1. The molecule has 28 heavy (non-hydrogen) atoms. The number of aromatic nitrogens is 3. The van der Waals surface area contributed by atoms with Crippen LogP contribution in [0.15, 0.2) is 72.9 Å². The van der Waals surface area contributed by atoms with Gasteiger partial charge in [-0.3, -0.25) is 4.79 Å². The number of imidazole rings is 1. The first-order chi connectivity index (χ1) is 13.4. The van der Waals surface area contributed by atoms with E-state index in [0.29, 0.717) is 17.0 Å². The van der Waals surface area contributed by atoms with Gasteiger partial charge in [0.25, 0.3) is 5.91 Å². The highest BCUT2D eigenvalue weighted by molar-refractivity contribution is 6.03. The molecule has 2 aromatic carbocycles. The number of amides is 1. The van der Waals surface area contributed by atoms with Crippen molar-refractivity contribution < 1.29 is 4.79 Å². The first-order valence-electron chi connectivity index (χ1n) is 9.24. The van der Waals surface area contributed by atoms with Crippen LogP contribution in [-0.4, -0.2) is 20.5 Å². The molecule has 4 rings (SSSR count). The molecule has 0 saturated heterocycles. The molecule has 4 aromatic rings. The summed E-state index contributed by atoms with van der Waals surface area (Å²) in [6.45, 7) is 6.44. The van der Waals surface area contributed by atoms with Crippen molar-refractivity contribution in [1.29, 1.82) is 0 Å². The van der Waals surface area contributed by atoms with Crippen LogP contribution in [0.25, 0.3) is 16.9 Å². The minimum Gasteiger partial charge on any atom is -0.305 e. The number of fused-ring (bicyclic) bond motifs is 1. The predicted octanol–water partition coefficient (Wildman–Crippen LogP) is 4.95. The first kappa shape index (κ1) is 17.9. The molecule has 2 aromatic heterocycles. The largest absolute Gasteiger partial charge is 0.305 e. The maximum atomic E-state index is 12.6. The van der Waals surface area contributed by atoms with Crippen molar-refractivity contribution >= 4 is 17.4 Å². The van der Waals surface area contributed by atoms with Crippen LogP contribution in [-0.2, 0) is 5.41 Å². The lowest BCUT2D eigenvalue weighted by atomic mass is 9.87. The van der Waals surface area contributed by atoms with Gasteiger partial charge in [-0.2, -0.15) is 5.10 Å². The molecule has 2 heterocycles. The Labute approximate surface area is 164 Å². The van der Waals surface area contributed by atoms with E-state index in [1.165, 1.54) is 5.56 Å². The van der Waals surface area contributed by atoms with E-state index in [1.54, 1.807) is 10.7 Å². The second-order valence-electron chi connectivity index (χ2n) is 7.79. The molecule has 0 atom stereocenters. The lowest BCUT2D eigenvalue weighted by Crippen LogP contribution is -2.14. The minimum absolute atomic E-state index is 0.0543. The molecule has 1 N–H and O–H groups in total. The molecule has 0 bridgehead atoms. The van der Waals surface area contributed by atoms with E-state index >= 15 is 0 Å². The van der Waals surface area contributed by atoms with E-state index < -0.39 is 0 Å². The summed E-state index contributed by atoms with van der Waals surface area (Å²) in [7, 11) is 0. The summed E-state index contributed by atoms with van der Waals surface area (Å²) in [5.74, 6) is 0.287. The van der Waals surface area contributed by atoms with Gasteiger partial charge in [0.1, 0.15) is 0 Å². The molecular weight excluding hydrogens is 348 g/mol. The number of hydrogen-bond acceptors (Lipinski definition) is 3. The predicted molar refractivity (Wildman–Crippen MR) is 112 cm³/mol. The third-order valence-electron chi connectivity index (χ3n) is 4.64. The van der Waals surface area contributed by atoms with Crippen LogP contribution in [0.1, 0.15) is 36.7 Å². The molecule has 140 valence electrons. The van der Waals surface area contributed by atoms with Gasteiger partial charge in [-0.15, -0.1) is 0 Å². The van der Waals surface area contributed by atoms with E-state index in [4.69, 9.17) is 0 Å². The quantitative estimate of drug-likeness (QED) is 0.555. The van der Waals surface area contributed by atoms with E-state index in [1.807, 2.05) is 66.7 Å². The highest BCUT2D eigenvalue weighted by Gasteiger charge is 2.15. The summed E-state index contributed by atoms with van der Waals surface area (Å²) < 4.78 is 1.68. The number of rotatable bonds is 3. The van der Waals surface area contributed by atoms with Gasteiger partial charge in [-0.25, -0.2) is 9.50 Å². The minimum atomic E-state index is -0.188. The molecule has 0 saturated carbocycles.